The molecular weight excluding hydrogens is 218 g/mol. The van der Waals surface area contributed by atoms with Crippen LogP contribution in [0.3, 0.4) is 0 Å². The fourth-order valence-corrected chi connectivity index (χ4v) is 1.01. The molecule has 0 fully saturated rings. The van der Waals surface area contributed by atoms with Gasteiger partial charge in [0, 0.05) is 10.7 Å². The third kappa shape index (κ3) is 1.86. The molecule has 0 aliphatic carbocycles. The molecule has 0 aromatic carbocycles. The number of halogens is 1. The highest BCUT2D eigenvalue weighted by molar-refractivity contribution is 9.10. The van der Waals surface area contributed by atoms with E-state index in [-0.39, 0.29) is 5.03 Å². The molecule has 54 valence electrons. The first-order chi connectivity index (χ1) is 4.70. The van der Waals surface area contributed by atoms with E-state index in [0.29, 0.717) is 0 Å². The number of nitrogens with zero attached hydrogens (tertiary/aromatic N) is 1. The van der Waals surface area contributed by atoms with Gasteiger partial charge in [-0.15, -0.1) is 0 Å². The van der Waals surface area contributed by atoms with Crippen LogP contribution in [0.2, 0.25) is 0 Å². The maximum absolute atomic E-state index is 10.2. The summed E-state index contributed by atoms with van der Waals surface area (Å²) in [5.74, 6) is 0. The predicted molar refractivity (Wildman–Crippen MR) is 39.1 cm³/mol. The summed E-state index contributed by atoms with van der Waals surface area (Å²) in [6.07, 6.45) is 1.44. The van der Waals surface area contributed by atoms with Crippen LogP contribution in [-0.2, 0) is 11.1 Å². The van der Waals surface area contributed by atoms with Crippen molar-refractivity contribution >= 4 is 27.0 Å². The second-order valence-corrected chi connectivity index (χ2v) is 3.35. The molecule has 0 saturated carbocycles. The first kappa shape index (κ1) is 7.84. The lowest BCUT2D eigenvalue weighted by atomic mass is 10.5. The van der Waals surface area contributed by atoms with Crippen molar-refractivity contribution in [3.63, 3.8) is 0 Å². The van der Waals surface area contributed by atoms with Gasteiger partial charge in [0.15, 0.2) is 0 Å². The van der Waals surface area contributed by atoms with Crippen LogP contribution < -0.4 is 0 Å². The summed E-state index contributed by atoms with van der Waals surface area (Å²) < 4.78 is 21.2. The van der Waals surface area contributed by atoms with E-state index in [1.807, 2.05) is 0 Å². The van der Waals surface area contributed by atoms with Crippen molar-refractivity contribution in [2.75, 3.05) is 0 Å². The number of aromatic nitrogens is 1. The lowest BCUT2D eigenvalue weighted by molar-refractivity contribution is 0.533. The van der Waals surface area contributed by atoms with Crippen LogP contribution in [-0.4, -0.2) is 13.7 Å². The monoisotopic (exact) mass is 220 g/mol. The average molecular weight is 221 g/mol. The Kier molecular flexibility index (Phi) is 2.53. The Hall–Kier alpha value is -0.260. The molecule has 0 spiro atoms. The summed E-state index contributed by atoms with van der Waals surface area (Å²) in [5, 5.41) is 0.0585. The fraction of sp³-hybridized carbons (Fsp3) is 0. The Morgan fingerprint density at radius 3 is 2.70 bits per heavy atom. The normalized spacial score (nSPS) is 13.0. The van der Waals surface area contributed by atoms with Crippen LogP contribution in [0.1, 0.15) is 0 Å². The van der Waals surface area contributed by atoms with Crippen LogP contribution in [0.4, 0.5) is 0 Å². The van der Waals surface area contributed by atoms with Gasteiger partial charge in [-0.3, -0.25) is 4.21 Å². The highest BCUT2D eigenvalue weighted by Crippen LogP contribution is 2.08. The Bertz CT molecular complexity index is 248. The topological polar surface area (TPSA) is 53.0 Å². The van der Waals surface area contributed by atoms with E-state index >= 15 is 0 Å². The van der Waals surface area contributed by atoms with E-state index in [1.54, 1.807) is 6.07 Å². The maximum atomic E-state index is 10.2. The number of hydrogen-bond acceptors (Lipinski definition) is 3. The van der Waals surface area contributed by atoms with Gasteiger partial charge in [0.2, 0.25) is 0 Å². The number of rotatable bonds is 1. The Morgan fingerprint density at radius 1 is 1.60 bits per heavy atom. The largest absolute Gasteiger partial charge is 0.767 e. The predicted octanol–water partition coefficient (Wildman–Crippen LogP) is 1.08. The molecule has 0 amide bonds. The molecule has 1 heterocycles. The van der Waals surface area contributed by atoms with Gasteiger partial charge in [0.1, 0.15) is 5.03 Å². The third-order valence-electron chi connectivity index (χ3n) is 0.871. The van der Waals surface area contributed by atoms with Gasteiger partial charge in [0.25, 0.3) is 0 Å². The second-order valence-electron chi connectivity index (χ2n) is 1.55. The first-order valence-electron chi connectivity index (χ1n) is 2.41. The smallest absolute Gasteiger partial charge is 0.113 e. The van der Waals surface area contributed by atoms with E-state index < -0.39 is 11.1 Å². The molecule has 0 saturated heterocycles. The highest BCUT2D eigenvalue weighted by Gasteiger charge is 1.91. The molecule has 0 bridgehead atoms. The summed E-state index contributed by atoms with van der Waals surface area (Å²) in [5.41, 5.74) is 0. The van der Waals surface area contributed by atoms with Crippen molar-refractivity contribution in [2.24, 2.45) is 0 Å². The van der Waals surface area contributed by atoms with Gasteiger partial charge in [-0.1, -0.05) is 0 Å². The van der Waals surface area contributed by atoms with Crippen LogP contribution in [0, 0.1) is 0 Å². The molecule has 1 rings (SSSR count). The summed E-state index contributed by atoms with van der Waals surface area (Å²) in [4.78, 5) is 3.62. The molecule has 1 unspecified atom stereocenters. The minimum Gasteiger partial charge on any atom is -0.767 e. The number of pyridine rings is 1. The third-order valence-corrected chi connectivity index (χ3v) is 1.92. The zero-order valence-corrected chi connectivity index (χ0v) is 7.18. The Morgan fingerprint density at radius 2 is 2.30 bits per heavy atom. The first-order valence-corrected chi connectivity index (χ1v) is 4.28. The molecule has 0 radical (unpaired) electrons. The minimum atomic E-state index is -2.22. The average Bonchev–Trinajstić information content (AvgIpc) is 1.88. The lowest BCUT2D eigenvalue weighted by Crippen LogP contribution is -1.91. The molecule has 10 heavy (non-hydrogen) atoms. The molecule has 1 atom stereocenters. The summed E-state index contributed by atoms with van der Waals surface area (Å²) >= 11 is 0.912. The van der Waals surface area contributed by atoms with E-state index in [2.05, 4.69) is 20.9 Å². The van der Waals surface area contributed by atoms with E-state index in [4.69, 9.17) is 0 Å². The summed E-state index contributed by atoms with van der Waals surface area (Å²) in [6.45, 7) is 0. The second kappa shape index (κ2) is 3.23. The van der Waals surface area contributed by atoms with E-state index in [0.717, 1.165) is 4.47 Å². The van der Waals surface area contributed by atoms with Crippen molar-refractivity contribution in [1.29, 1.82) is 0 Å². The van der Waals surface area contributed by atoms with Gasteiger partial charge in [-0.25, -0.2) is 4.98 Å². The van der Waals surface area contributed by atoms with Gasteiger partial charge < -0.3 is 4.55 Å². The standard InChI is InChI=1S/C5H4BrNO2S/c6-4-1-2-5(7-3-4)10(8)9/h1-3H,(H,8,9)/p-1. The van der Waals surface area contributed by atoms with Crippen LogP contribution >= 0.6 is 15.9 Å². The zero-order chi connectivity index (χ0) is 7.56. The summed E-state index contributed by atoms with van der Waals surface area (Å²) in [7, 11) is 0. The van der Waals surface area contributed by atoms with Crippen LogP contribution in [0.15, 0.2) is 27.8 Å². The van der Waals surface area contributed by atoms with Crippen molar-refractivity contribution < 1.29 is 8.76 Å². The molecule has 5 heteroatoms. The fourth-order valence-electron chi connectivity index (χ4n) is 0.461. The SMILES string of the molecule is O=S([O-])c1ccc(Br)cn1. The van der Waals surface area contributed by atoms with Gasteiger partial charge in [-0.2, -0.15) is 0 Å². The summed E-state index contributed by atoms with van der Waals surface area (Å²) in [6, 6.07) is 3.05. The van der Waals surface area contributed by atoms with Crippen molar-refractivity contribution in [2.45, 2.75) is 5.03 Å². The molecule has 0 aliphatic rings. The highest BCUT2D eigenvalue weighted by atomic mass is 79.9. The van der Waals surface area contributed by atoms with Crippen molar-refractivity contribution in [3.8, 4) is 0 Å². The van der Waals surface area contributed by atoms with Crippen molar-refractivity contribution in [1.82, 2.24) is 4.98 Å². The molecule has 1 aromatic rings. The lowest BCUT2D eigenvalue weighted by Gasteiger charge is -2.01. The van der Waals surface area contributed by atoms with E-state index in [9.17, 15) is 8.76 Å². The Labute approximate surface area is 68.9 Å². The Balaban J connectivity index is 3.00. The molecule has 1 aromatic heterocycles. The number of hydrogen-bond donors (Lipinski definition) is 0. The van der Waals surface area contributed by atoms with Gasteiger partial charge >= 0.3 is 0 Å². The van der Waals surface area contributed by atoms with Gasteiger partial charge in [-0.05, 0) is 39.1 Å². The molecular formula is C5H3BrNO2S-. The minimum absolute atomic E-state index is 0.0585. The molecule has 3 nitrogen and oxygen atoms in total. The van der Waals surface area contributed by atoms with Crippen molar-refractivity contribution in [3.05, 3.63) is 22.8 Å². The van der Waals surface area contributed by atoms with Crippen LogP contribution in [0.5, 0.6) is 0 Å². The molecule has 0 N–H and O–H groups in total. The van der Waals surface area contributed by atoms with Gasteiger partial charge in [0.05, 0.1) is 0 Å². The quantitative estimate of drug-likeness (QED) is 0.666. The van der Waals surface area contributed by atoms with E-state index in [1.165, 1.54) is 12.3 Å². The van der Waals surface area contributed by atoms with Crippen LogP contribution in [0.25, 0.3) is 0 Å². The maximum Gasteiger partial charge on any atom is 0.113 e. The zero-order valence-electron chi connectivity index (χ0n) is 4.78. The molecule has 0 aliphatic heterocycles.